The smallest absolute Gasteiger partial charge is 0.326 e. The Kier molecular flexibility index (Phi) is 11.5. The van der Waals surface area contributed by atoms with E-state index < -0.39 is 54.1 Å². The number of hydrogen-bond acceptors (Lipinski definition) is 6. The molecule has 5 atom stereocenters. The molecule has 0 rings (SSSR count). The van der Waals surface area contributed by atoms with E-state index in [1.165, 1.54) is 0 Å². The Morgan fingerprint density at radius 1 is 0.862 bits per heavy atom. The van der Waals surface area contributed by atoms with E-state index >= 15 is 0 Å². The van der Waals surface area contributed by atoms with E-state index in [9.17, 15) is 29.1 Å². The number of carboxylic acid groups (broad SMARTS) is 1. The van der Waals surface area contributed by atoms with Gasteiger partial charge in [-0.05, 0) is 11.8 Å². The molecule has 8 N–H and O–H groups in total. The predicted octanol–water partition coefficient (Wildman–Crippen LogP) is -1.55. The van der Waals surface area contributed by atoms with Crippen LogP contribution < -0.4 is 27.4 Å². The molecule has 0 aromatic heterocycles. The molecule has 0 bridgehead atoms. The van der Waals surface area contributed by atoms with Crippen molar-refractivity contribution >= 4 is 29.6 Å². The van der Waals surface area contributed by atoms with Crippen LogP contribution in [0.5, 0.6) is 0 Å². The molecule has 11 heteroatoms. The van der Waals surface area contributed by atoms with Crippen LogP contribution in [-0.2, 0) is 24.0 Å². The normalized spacial score (nSPS) is 15.9. The van der Waals surface area contributed by atoms with Gasteiger partial charge >= 0.3 is 5.97 Å². The van der Waals surface area contributed by atoms with Gasteiger partial charge in [0.1, 0.15) is 18.1 Å². The van der Waals surface area contributed by atoms with Gasteiger partial charge < -0.3 is 32.5 Å². The molecule has 29 heavy (non-hydrogen) atoms. The quantitative estimate of drug-likeness (QED) is 0.209. The average Bonchev–Trinajstić information content (AvgIpc) is 2.67. The van der Waals surface area contributed by atoms with Gasteiger partial charge in [0, 0.05) is 0 Å². The number of carbonyl (C=O) groups excluding carboxylic acids is 4. The van der Waals surface area contributed by atoms with Crippen LogP contribution in [0.2, 0.25) is 0 Å². The monoisotopic (exact) mass is 415 g/mol. The second-order valence-electron chi connectivity index (χ2n) is 7.08. The molecule has 0 aromatic rings. The number of carbonyl (C=O) groups is 5. The predicted molar refractivity (Wildman–Crippen MR) is 105 cm³/mol. The lowest BCUT2D eigenvalue weighted by Gasteiger charge is -2.29. The van der Waals surface area contributed by atoms with Crippen molar-refractivity contribution in [2.75, 3.05) is 6.54 Å². The van der Waals surface area contributed by atoms with Gasteiger partial charge in [-0.2, -0.15) is 0 Å². The minimum absolute atomic E-state index is 0.229. The molecular formula is C18H33N5O6. The number of carboxylic acids is 1. The highest BCUT2D eigenvalue weighted by Crippen LogP contribution is 2.12. The van der Waals surface area contributed by atoms with Crippen molar-refractivity contribution in [3.8, 4) is 0 Å². The number of nitrogens with two attached hydrogens (primary N) is 2. The van der Waals surface area contributed by atoms with Crippen LogP contribution in [0.3, 0.4) is 0 Å². The molecule has 0 heterocycles. The summed E-state index contributed by atoms with van der Waals surface area (Å²) in [7, 11) is 0. The Hall–Kier alpha value is -2.69. The van der Waals surface area contributed by atoms with Gasteiger partial charge in [0.05, 0.1) is 13.0 Å². The summed E-state index contributed by atoms with van der Waals surface area (Å²) in [5.74, 6) is -4.72. The van der Waals surface area contributed by atoms with Crippen LogP contribution >= 0.6 is 0 Å². The number of aliphatic carboxylic acids is 1. The molecule has 0 saturated carbocycles. The molecular weight excluding hydrogens is 382 g/mol. The van der Waals surface area contributed by atoms with Crippen LogP contribution in [0.1, 0.15) is 47.0 Å². The van der Waals surface area contributed by atoms with Gasteiger partial charge in [-0.1, -0.05) is 40.5 Å². The first-order chi connectivity index (χ1) is 13.5. The average molecular weight is 415 g/mol. The van der Waals surface area contributed by atoms with Crippen LogP contribution in [0.4, 0.5) is 0 Å². The second-order valence-corrected chi connectivity index (χ2v) is 7.08. The molecule has 4 amide bonds. The topological polar surface area (TPSA) is 194 Å². The highest BCUT2D eigenvalue weighted by molar-refractivity contribution is 5.94. The fraction of sp³-hybridized carbons (Fsp3) is 0.722. The summed E-state index contributed by atoms with van der Waals surface area (Å²) in [5.41, 5.74) is 10.3. The van der Waals surface area contributed by atoms with Gasteiger partial charge in [0.25, 0.3) is 0 Å². The van der Waals surface area contributed by atoms with Gasteiger partial charge in [0.2, 0.25) is 23.6 Å². The molecule has 0 aromatic carbocycles. The van der Waals surface area contributed by atoms with Crippen molar-refractivity contribution < 1.29 is 29.1 Å². The first-order valence-electron chi connectivity index (χ1n) is 9.59. The summed E-state index contributed by atoms with van der Waals surface area (Å²) >= 11 is 0. The molecule has 11 nitrogen and oxygen atoms in total. The molecule has 0 aliphatic heterocycles. The maximum absolute atomic E-state index is 12.8. The van der Waals surface area contributed by atoms with E-state index in [1.807, 2.05) is 6.92 Å². The third kappa shape index (κ3) is 8.90. The molecule has 5 unspecified atom stereocenters. The number of amides is 4. The number of hydrogen-bond donors (Lipinski definition) is 6. The van der Waals surface area contributed by atoms with Crippen molar-refractivity contribution in [2.24, 2.45) is 23.3 Å². The second kappa shape index (κ2) is 12.7. The highest BCUT2D eigenvalue weighted by Gasteiger charge is 2.33. The third-order valence-corrected chi connectivity index (χ3v) is 4.81. The van der Waals surface area contributed by atoms with Crippen LogP contribution in [0, 0.1) is 11.8 Å². The van der Waals surface area contributed by atoms with Crippen molar-refractivity contribution in [3.63, 3.8) is 0 Å². The standard InChI is InChI=1S/C18H33N5O6/c1-5-9(3)14(22-13(25)8-19)17(27)23-15(10(4)6-2)16(26)21-11(18(28)29)7-12(20)24/h9-11,14-15H,5-8,19H2,1-4H3,(H2,20,24)(H,21,26)(H,22,25)(H,23,27)(H,28,29). The highest BCUT2D eigenvalue weighted by atomic mass is 16.4. The van der Waals surface area contributed by atoms with Crippen LogP contribution in [-0.4, -0.2) is 59.4 Å². The third-order valence-electron chi connectivity index (χ3n) is 4.81. The lowest BCUT2D eigenvalue weighted by Crippen LogP contribution is -2.59. The van der Waals surface area contributed by atoms with E-state index in [2.05, 4.69) is 16.0 Å². The number of primary amides is 1. The summed E-state index contributed by atoms with van der Waals surface area (Å²) in [5, 5.41) is 16.6. The summed E-state index contributed by atoms with van der Waals surface area (Å²) in [6, 6.07) is -3.48. The Balaban J connectivity index is 5.51. The fourth-order valence-corrected chi connectivity index (χ4v) is 2.54. The van der Waals surface area contributed by atoms with E-state index in [0.717, 1.165) is 0 Å². The number of nitrogens with one attached hydrogen (secondary N) is 3. The molecule has 0 saturated heterocycles. The van der Waals surface area contributed by atoms with Crippen molar-refractivity contribution in [1.29, 1.82) is 0 Å². The Labute approximate surface area is 170 Å². The van der Waals surface area contributed by atoms with Crippen molar-refractivity contribution in [1.82, 2.24) is 16.0 Å². The SMILES string of the molecule is CCC(C)C(NC(=O)CN)C(=O)NC(C(=O)NC(CC(N)=O)C(=O)O)C(C)CC. The molecule has 0 spiro atoms. The van der Waals surface area contributed by atoms with Crippen molar-refractivity contribution in [3.05, 3.63) is 0 Å². The molecule has 166 valence electrons. The zero-order chi connectivity index (χ0) is 22.7. The summed E-state index contributed by atoms with van der Waals surface area (Å²) in [6.07, 6.45) is 0.516. The van der Waals surface area contributed by atoms with E-state index in [1.54, 1.807) is 20.8 Å². The Morgan fingerprint density at radius 2 is 1.31 bits per heavy atom. The van der Waals surface area contributed by atoms with Gasteiger partial charge in [-0.3, -0.25) is 19.2 Å². The van der Waals surface area contributed by atoms with Gasteiger partial charge in [0.15, 0.2) is 0 Å². The Bertz CT molecular complexity index is 612. The molecule has 0 fully saturated rings. The first-order valence-corrected chi connectivity index (χ1v) is 9.59. The largest absolute Gasteiger partial charge is 0.480 e. The maximum Gasteiger partial charge on any atom is 0.326 e. The maximum atomic E-state index is 12.8. The van der Waals surface area contributed by atoms with E-state index in [4.69, 9.17) is 11.5 Å². The Morgan fingerprint density at radius 3 is 1.69 bits per heavy atom. The first kappa shape index (κ1) is 26.3. The lowest BCUT2D eigenvalue weighted by atomic mass is 9.94. The lowest BCUT2D eigenvalue weighted by molar-refractivity contribution is -0.144. The molecule has 0 aliphatic carbocycles. The number of rotatable bonds is 13. The molecule has 0 aliphatic rings. The van der Waals surface area contributed by atoms with Crippen LogP contribution in [0.15, 0.2) is 0 Å². The summed E-state index contributed by atoms with van der Waals surface area (Å²) in [4.78, 5) is 59.5. The van der Waals surface area contributed by atoms with E-state index in [-0.39, 0.29) is 18.4 Å². The minimum atomic E-state index is -1.51. The zero-order valence-corrected chi connectivity index (χ0v) is 17.4. The van der Waals surface area contributed by atoms with Gasteiger partial charge in [-0.15, -0.1) is 0 Å². The van der Waals surface area contributed by atoms with Crippen LogP contribution in [0.25, 0.3) is 0 Å². The van der Waals surface area contributed by atoms with E-state index in [0.29, 0.717) is 12.8 Å². The molecule has 0 radical (unpaired) electrons. The minimum Gasteiger partial charge on any atom is -0.480 e. The summed E-state index contributed by atoms with van der Waals surface area (Å²) in [6.45, 7) is 6.85. The fourth-order valence-electron chi connectivity index (χ4n) is 2.54. The zero-order valence-electron chi connectivity index (χ0n) is 17.4. The van der Waals surface area contributed by atoms with Crippen molar-refractivity contribution in [2.45, 2.75) is 65.1 Å². The summed E-state index contributed by atoms with van der Waals surface area (Å²) < 4.78 is 0. The van der Waals surface area contributed by atoms with Gasteiger partial charge in [-0.25, -0.2) is 4.79 Å².